The number of carbonyl (C=O) groups excluding carboxylic acids is 3. The average Bonchev–Trinajstić information content (AvgIpc) is 3.44. The number of allylic oxidation sites excluding steroid dienone is 2. The van der Waals surface area contributed by atoms with Crippen molar-refractivity contribution in [2.75, 3.05) is 6.61 Å². The predicted octanol–water partition coefficient (Wildman–Crippen LogP) is 3.54. The van der Waals surface area contributed by atoms with Gasteiger partial charge in [-0.1, -0.05) is 33.4 Å². The van der Waals surface area contributed by atoms with Crippen LogP contribution in [0.25, 0.3) is 0 Å². The summed E-state index contributed by atoms with van der Waals surface area (Å²) < 4.78 is 5.80. The number of aliphatic hydroxyl groups is 3. The first-order valence-electron chi connectivity index (χ1n) is 14.1. The molecule has 0 aromatic heterocycles. The van der Waals surface area contributed by atoms with Crippen molar-refractivity contribution < 1.29 is 34.4 Å². The van der Waals surface area contributed by atoms with Crippen LogP contribution in [-0.4, -0.2) is 57.8 Å². The molecule has 4 saturated carbocycles. The molecule has 0 aromatic carbocycles. The normalized spacial score (nSPS) is 43.7. The van der Waals surface area contributed by atoms with Gasteiger partial charge in [0.2, 0.25) is 0 Å². The van der Waals surface area contributed by atoms with E-state index in [4.69, 9.17) is 9.84 Å². The van der Waals surface area contributed by atoms with Gasteiger partial charge in [0.05, 0.1) is 6.10 Å². The van der Waals surface area contributed by atoms with E-state index in [9.17, 15) is 24.6 Å². The third-order valence-corrected chi connectivity index (χ3v) is 10.8. The number of aliphatic hydroxyl groups excluding tert-OH is 3. The molecule has 4 fully saturated rings. The molecule has 3 N–H and O–H groups in total. The smallest absolute Gasteiger partial charge is 0.302 e. The SMILES string of the molecule is C=C(CCO)C(=O)C(O)CC1C(OC(C)=O)CC2C3CC(O)C4CC(=O)C=CC45CC35CCC12C.CC. The number of rotatable bonds is 7. The lowest BCUT2D eigenvalue weighted by molar-refractivity contribution is -0.150. The fraction of sp³-hybridized carbons (Fsp3) is 0.767. The summed E-state index contributed by atoms with van der Waals surface area (Å²) in [6.07, 6.45) is 6.47. The molecule has 37 heavy (non-hydrogen) atoms. The number of carbonyl (C=O) groups is 3. The van der Waals surface area contributed by atoms with E-state index < -0.39 is 24.1 Å². The number of hydrogen-bond acceptors (Lipinski definition) is 7. The van der Waals surface area contributed by atoms with Crippen LogP contribution < -0.4 is 0 Å². The van der Waals surface area contributed by atoms with Gasteiger partial charge in [-0.3, -0.25) is 14.4 Å². The van der Waals surface area contributed by atoms with E-state index in [1.165, 1.54) is 6.92 Å². The zero-order chi connectivity index (χ0) is 27.3. The second-order valence-electron chi connectivity index (χ2n) is 12.2. The van der Waals surface area contributed by atoms with E-state index in [1.54, 1.807) is 6.08 Å². The minimum absolute atomic E-state index is 0.0148. The first-order chi connectivity index (χ1) is 17.5. The molecule has 5 aliphatic rings. The number of ether oxygens (including phenoxy) is 1. The van der Waals surface area contributed by atoms with Crippen molar-refractivity contribution in [2.45, 2.75) is 97.4 Å². The Hall–Kier alpha value is -1.83. The highest BCUT2D eigenvalue weighted by atomic mass is 16.5. The Morgan fingerprint density at radius 1 is 1.19 bits per heavy atom. The summed E-state index contributed by atoms with van der Waals surface area (Å²) in [5.41, 5.74) is -0.0963. The van der Waals surface area contributed by atoms with Crippen LogP contribution in [0.4, 0.5) is 0 Å². The molecular formula is C30H44O7. The Kier molecular flexibility index (Phi) is 7.65. The Labute approximate surface area is 220 Å². The van der Waals surface area contributed by atoms with E-state index in [0.717, 1.165) is 19.3 Å². The van der Waals surface area contributed by atoms with Gasteiger partial charge in [-0.25, -0.2) is 0 Å². The largest absolute Gasteiger partial charge is 0.462 e. The van der Waals surface area contributed by atoms with Crippen LogP contribution in [0.2, 0.25) is 0 Å². The number of esters is 1. The van der Waals surface area contributed by atoms with E-state index in [1.807, 2.05) is 13.8 Å². The summed E-state index contributed by atoms with van der Waals surface area (Å²) in [7, 11) is 0. The maximum atomic E-state index is 12.7. The highest BCUT2D eigenvalue weighted by molar-refractivity contribution is 5.98. The van der Waals surface area contributed by atoms with Gasteiger partial charge in [-0.05, 0) is 79.3 Å². The zero-order valence-corrected chi connectivity index (χ0v) is 22.7. The number of Topliss-reactive ketones (excluding diaryl/α,β-unsaturated/α-hetero) is 1. The lowest BCUT2D eigenvalue weighted by Gasteiger charge is -2.55. The van der Waals surface area contributed by atoms with E-state index in [0.29, 0.717) is 19.3 Å². The molecule has 7 nitrogen and oxygen atoms in total. The number of ketones is 2. The lowest BCUT2D eigenvalue weighted by Crippen LogP contribution is -2.52. The van der Waals surface area contributed by atoms with Crippen LogP contribution in [0, 0.1) is 39.9 Å². The van der Waals surface area contributed by atoms with Gasteiger partial charge in [0.25, 0.3) is 0 Å². The maximum Gasteiger partial charge on any atom is 0.302 e. The van der Waals surface area contributed by atoms with Crippen molar-refractivity contribution in [2.24, 2.45) is 39.9 Å². The molecule has 0 radical (unpaired) electrons. The van der Waals surface area contributed by atoms with Gasteiger partial charge in [0.15, 0.2) is 11.6 Å². The van der Waals surface area contributed by atoms with Gasteiger partial charge < -0.3 is 20.1 Å². The molecule has 2 spiro atoms. The molecule has 5 aliphatic carbocycles. The molecule has 0 aliphatic heterocycles. The van der Waals surface area contributed by atoms with Crippen molar-refractivity contribution in [1.82, 2.24) is 0 Å². The molecule has 206 valence electrons. The summed E-state index contributed by atoms with van der Waals surface area (Å²) in [4.78, 5) is 36.8. The molecule has 10 atom stereocenters. The van der Waals surface area contributed by atoms with E-state index >= 15 is 0 Å². The number of hydrogen-bond donors (Lipinski definition) is 3. The molecule has 7 heteroatoms. The van der Waals surface area contributed by atoms with Gasteiger partial charge in [0, 0.05) is 37.2 Å². The van der Waals surface area contributed by atoms with Crippen molar-refractivity contribution in [3.05, 3.63) is 24.3 Å². The van der Waals surface area contributed by atoms with Crippen LogP contribution in [0.15, 0.2) is 24.3 Å². The second kappa shape index (κ2) is 10.0. The first kappa shape index (κ1) is 28.2. The fourth-order valence-corrected chi connectivity index (χ4v) is 9.17. The fourth-order valence-electron chi connectivity index (χ4n) is 9.17. The van der Waals surface area contributed by atoms with Gasteiger partial charge in [-0.2, -0.15) is 0 Å². The maximum absolute atomic E-state index is 12.7. The van der Waals surface area contributed by atoms with Crippen molar-refractivity contribution in [3.8, 4) is 0 Å². The monoisotopic (exact) mass is 516 g/mol. The van der Waals surface area contributed by atoms with Crippen LogP contribution in [0.5, 0.6) is 0 Å². The van der Waals surface area contributed by atoms with Gasteiger partial charge >= 0.3 is 5.97 Å². The highest BCUT2D eigenvalue weighted by Gasteiger charge is 2.79. The summed E-state index contributed by atoms with van der Waals surface area (Å²) in [5, 5.41) is 31.2. The van der Waals surface area contributed by atoms with Gasteiger partial charge in [0.1, 0.15) is 12.2 Å². The van der Waals surface area contributed by atoms with Crippen LogP contribution >= 0.6 is 0 Å². The summed E-state index contributed by atoms with van der Waals surface area (Å²) in [6.45, 7) is 11.1. The quantitative estimate of drug-likeness (QED) is 0.350. The molecular weight excluding hydrogens is 472 g/mol. The molecule has 0 bridgehead atoms. The second-order valence-corrected chi connectivity index (χ2v) is 12.2. The van der Waals surface area contributed by atoms with Gasteiger partial charge in [-0.15, -0.1) is 0 Å². The third kappa shape index (κ3) is 4.25. The molecule has 10 unspecified atom stereocenters. The summed E-state index contributed by atoms with van der Waals surface area (Å²) in [5.74, 6) is -0.517. The Balaban J connectivity index is 0.00000156. The molecule has 0 amide bonds. The highest BCUT2D eigenvalue weighted by Crippen LogP contribution is 2.84. The van der Waals surface area contributed by atoms with Crippen molar-refractivity contribution in [3.63, 3.8) is 0 Å². The van der Waals surface area contributed by atoms with Crippen molar-refractivity contribution in [1.29, 1.82) is 0 Å². The molecule has 5 rings (SSSR count). The number of fused-ring (bicyclic) bond motifs is 2. The Morgan fingerprint density at radius 2 is 1.89 bits per heavy atom. The minimum Gasteiger partial charge on any atom is -0.462 e. The van der Waals surface area contributed by atoms with Crippen LogP contribution in [-0.2, 0) is 19.1 Å². The van der Waals surface area contributed by atoms with E-state index in [-0.39, 0.29) is 76.7 Å². The average molecular weight is 517 g/mol. The first-order valence-corrected chi connectivity index (χ1v) is 14.1. The zero-order valence-electron chi connectivity index (χ0n) is 22.7. The van der Waals surface area contributed by atoms with E-state index in [2.05, 4.69) is 19.6 Å². The standard InChI is InChI=1S/C28H38O7.C2H6/c1-15(5-9-29)25(34)23(33)12-21-24(35-16(2)30)13-18-19-11-22(32)20-10-17(31)4-6-27(20)14-28(19,27)8-7-26(18,21)3;1-2/h4,6,18-24,29,32-33H,1,5,7-14H2,2-3H3;1-2H3. The summed E-state index contributed by atoms with van der Waals surface area (Å²) >= 11 is 0. The van der Waals surface area contributed by atoms with Crippen molar-refractivity contribution >= 4 is 17.5 Å². The molecule has 0 aromatic rings. The minimum atomic E-state index is -1.26. The topological polar surface area (TPSA) is 121 Å². The molecule has 0 heterocycles. The third-order valence-electron chi connectivity index (χ3n) is 10.8. The predicted molar refractivity (Wildman–Crippen MR) is 138 cm³/mol. The van der Waals surface area contributed by atoms with Crippen LogP contribution in [0.3, 0.4) is 0 Å². The lowest BCUT2D eigenvalue weighted by atomic mass is 9.49. The molecule has 0 saturated heterocycles. The summed E-state index contributed by atoms with van der Waals surface area (Å²) in [6, 6.07) is 0. The van der Waals surface area contributed by atoms with Crippen LogP contribution in [0.1, 0.15) is 79.1 Å². The Morgan fingerprint density at radius 3 is 2.54 bits per heavy atom. The Bertz CT molecular complexity index is 986.